The van der Waals surface area contributed by atoms with Crippen molar-refractivity contribution in [3.8, 4) is 0 Å². The molecule has 2 aliphatic rings. The first-order valence-corrected chi connectivity index (χ1v) is 6.38. The monoisotopic (exact) mass is 225 g/mol. The third-order valence-corrected chi connectivity index (χ3v) is 4.03. The van der Waals surface area contributed by atoms with Gasteiger partial charge in [-0.2, -0.15) is 0 Å². The van der Waals surface area contributed by atoms with Crippen LogP contribution < -0.4 is 5.73 Å². The van der Waals surface area contributed by atoms with Gasteiger partial charge >= 0.3 is 0 Å². The fourth-order valence-corrected chi connectivity index (χ4v) is 2.88. The first-order valence-electron chi connectivity index (χ1n) is 6.38. The topological polar surface area (TPSA) is 49.6 Å². The van der Waals surface area contributed by atoms with Crippen LogP contribution in [-0.2, 0) is 4.79 Å². The summed E-state index contributed by atoms with van der Waals surface area (Å²) in [5.41, 5.74) is 5.61. The Morgan fingerprint density at radius 3 is 2.88 bits per heavy atom. The molecule has 4 nitrogen and oxygen atoms in total. The van der Waals surface area contributed by atoms with Gasteiger partial charge in [0, 0.05) is 25.6 Å². The van der Waals surface area contributed by atoms with Gasteiger partial charge in [-0.15, -0.1) is 0 Å². The number of amides is 1. The first-order chi connectivity index (χ1) is 7.70. The number of likely N-dealkylation sites (tertiary alicyclic amines) is 2. The van der Waals surface area contributed by atoms with Gasteiger partial charge in [0.15, 0.2) is 0 Å². The highest BCUT2D eigenvalue weighted by Crippen LogP contribution is 2.21. The summed E-state index contributed by atoms with van der Waals surface area (Å²) in [7, 11) is 2.19. The molecule has 2 atom stereocenters. The fraction of sp³-hybridized carbons (Fsp3) is 0.917. The van der Waals surface area contributed by atoms with Crippen molar-refractivity contribution >= 4 is 5.91 Å². The van der Waals surface area contributed by atoms with Crippen LogP contribution in [0, 0.1) is 5.92 Å². The van der Waals surface area contributed by atoms with E-state index in [1.54, 1.807) is 0 Å². The lowest BCUT2D eigenvalue weighted by Gasteiger charge is -2.23. The predicted molar refractivity (Wildman–Crippen MR) is 64.0 cm³/mol. The van der Waals surface area contributed by atoms with Crippen LogP contribution in [0.1, 0.15) is 25.7 Å². The second kappa shape index (κ2) is 5.15. The highest BCUT2D eigenvalue weighted by molar-refractivity contribution is 5.78. The molecule has 92 valence electrons. The maximum Gasteiger partial charge on any atom is 0.222 e. The molecule has 16 heavy (non-hydrogen) atoms. The summed E-state index contributed by atoms with van der Waals surface area (Å²) in [5, 5.41) is 0. The summed E-state index contributed by atoms with van der Waals surface area (Å²) in [6.45, 7) is 3.66. The predicted octanol–water partition coefficient (Wildman–Crippen LogP) is 0.278. The number of rotatable bonds is 4. The van der Waals surface area contributed by atoms with Gasteiger partial charge in [0.25, 0.3) is 0 Å². The van der Waals surface area contributed by atoms with Gasteiger partial charge in [-0.05, 0) is 45.3 Å². The van der Waals surface area contributed by atoms with Gasteiger partial charge in [-0.25, -0.2) is 0 Å². The number of carbonyl (C=O) groups is 1. The van der Waals surface area contributed by atoms with E-state index in [4.69, 9.17) is 5.73 Å². The second-order valence-electron chi connectivity index (χ2n) is 5.21. The van der Waals surface area contributed by atoms with Crippen molar-refractivity contribution in [3.63, 3.8) is 0 Å². The molecule has 2 N–H and O–H groups in total. The molecule has 2 heterocycles. The third kappa shape index (κ3) is 2.55. The Hall–Kier alpha value is -0.610. The van der Waals surface area contributed by atoms with Crippen LogP contribution in [0.25, 0.3) is 0 Å². The zero-order valence-electron chi connectivity index (χ0n) is 10.2. The largest absolute Gasteiger partial charge is 0.342 e. The van der Waals surface area contributed by atoms with Crippen LogP contribution in [0.4, 0.5) is 0 Å². The molecule has 1 amide bonds. The maximum absolute atomic E-state index is 11.7. The van der Waals surface area contributed by atoms with Crippen LogP contribution >= 0.6 is 0 Å². The van der Waals surface area contributed by atoms with Crippen molar-refractivity contribution in [2.75, 3.05) is 33.2 Å². The van der Waals surface area contributed by atoms with Crippen molar-refractivity contribution in [3.05, 3.63) is 0 Å². The van der Waals surface area contributed by atoms with Gasteiger partial charge in [0.2, 0.25) is 5.91 Å². The number of carbonyl (C=O) groups excluding carboxylic acids is 1. The van der Waals surface area contributed by atoms with E-state index in [0.29, 0.717) is 30.8 Å². The molecule has 0 aromatic heterocycles. The zero-order chi connectivity index (χ0) is 11.5. The Bertz CT molecular complexity index is 257. The molecule has 2 fully saturated rings. The Labute approximate surface area is 97.8 Å². The van der Waals surface area contributed by atoms with Crippen LogP contribution in [0.3, 0.4) is 0 Å². The number of hydrogen-bond acceptors (Lipinski definition) is 3. The Morgan fingerprint density at radius 1 is 1.50 bits per heavy atom. The summed E-state index contributed by atoms with van der Waals surface area (Å²) in [5.74, 6) is 0.699. The van der Waals surface area contributed by atoms with Crippen LogP contribution in [0.15, 0.2) is 0 Å². The van der Waals surface area contributed by atoms with E-state index in [1.165, 1.54) is 19.4 Å². The lowest BCUT2D eigenvalue weighted by Crippen LogP contribution is -2.33. The molecule has 0 aliphatic carbocycles. The van der Waals surface area contributed by atoms with Gasteiger partial charge in [-0.1, -0.05) is 0 Å². The Balaban J connectivity index is 1.75. The van der Waals surface area contributed by atoms with Crippen LogP contribution in [-0.4, -0.2) is 55.0 Å². The van der Waals surface area contributed by atoms with E-state index >= 15 is 0 Å². The molecule has 2 saturated heterocycles. The van der Waals surface area contributed by atoms with Gasteiger partial charge in [0.05, 0.1) is 0 Å². The molecule has 4 heteroatoms. The molecule has 0 aromatic rings. The molecular weight excluding hydrogens is 202 g/mol. The lowest BCUT2D eigenvalue weighted by molar-refractivity contribution is -0.127. The molecular formula is C12H23N3O. The molecule has 2 aliphatic heterocycles. The second-order valence-corrected chi connectivity index (χ2v) is 5.21. The van der Waals surface area contributed by atoms with Crippen LogP contribution in [0.2, 0.25) is 0 Å². The first kappa shape index (κ1) is 11.9. The summed E-state index contributed by atoms with van der Waals surface area (Å²) in [6, 6.07) is 0.685. The highest BCUT2D eigenvalue weighted by atomic mass is 16.2. The summed E-state index contributed by atoms with van der Waals surface area (Å²) >= 11 is 0. The highest BCUT2D eigenvalue weighted by Gasteiger charge is 2.29. The smallest absolute Gasteiger partial charge is 0.222 e. The van der Waals surface area contributed by atoms with E-state index in [-0.39, 0.29) is 0 Å². The lowest BCUT2D eigenvalue weighted by atomic mass is 10.1. The summed E-state index contributed by atoms with van der Waals surface area (Å²) in [6.07, 6.45) is 4.38. The van der Waals surface area contributed by atoms with Crippen LogP contribution in [0.5, 0.6) is 0 Å². The maximum atomic E-state index is 11.7. The van der Waals surface area contributed by atoms with Gasteiger partial charge in [0.1, 0.15) is 0 Å². The molecule has 0 bridgehead atoms. The average Bonchev–Trinajstić information content (AvgIpc) is 2.82. The molecule has 0 aromatic carbocycles. The van der Waals surface area contributed by atoms with E-state index in [0.717, 1.165) is 19.5 Å². The molecule has 0 radical (unpaired) electrons. The standard InChI is InChI=1S/C12H23N3O/c1-14-5-2-3-11(14)4-6-15-9-10(8-13)7-12(15)16/h10-11H,2-9,13H2,1H3. The van der Waals surface area contributed by atoms with E-state index in [9.17, 15) is 4.79 Å². The molecule has 0 saturated carbocycles. The van der Waals surface area contributed by atoms with Gasteiger partial charge in [-0.3, -0.25) is 4.79 Å². The number of nitrogens with two attached hydrogens (primary N) is 1. The van der Waals surface area contributed by atoms with Gasteiger partial charge < -0.3 is 15.5 Å². The minimum atomic E-state index is 0.302. The summed E-state index contributed by atoms with van der Waals surface area (Å²) in [4.78, 5) is 16.1. The zero-order valence-corrected chi connectivity index (χ0v) is 10.2. The molecule has 2 rings (SSSR count). The van der Waals surface area contributed by atoms with E-state index in [1.807, 2.05) is 4.90 Å². The SMILES string of the molecule is CN1CCCC1CCN1CC(CN)CC1=O. The quantitative estimate of drug-likeness (QED) is 0.747. The average molecular weight is 225 g/mol. The van der Waals surface area contributed by atoms with Crippen molar-refractivity contribution in [1.82, 2.24) is 9.80 Å². The Kier molecular flexibility index (Phi) is 3.82. The van der Waals surface area contributed by atoms with E-state index in [2.05, 4.69) is 11.9 Å². The number of nitrogens with zero attached hydrogens (tertiary/aromatic N) is 2. The minimum absolute atomic E-state index is 0.302. The molecule has 0 spiro atoms. The van der Waals surface area contributed by atoms with Crippen molar-refractivity contribution in [1.29, 1.82) is 0 Å². The van der Waals surface area contributed by atoms with E-state index < -0.39 is 0 Å². The van der Waals surface area contributed by atoms with Crippen molar-refractivity contribution in [2.45, 2.75) is 31.7 Å². The Morgan fingerprint density at radius 2 is 2.31 bits per heavy atom. The van der Waals surface area contributed by atoms with Crippen molar-refractivity contribution in [2.24, 2.45) is 11.7 Å². The fourth-order valence-electron chi connectivity index (χ4n) is 2.88. The minimum Gasteiger partial charge on any atom is -0.342 e. The van der Waals surface area contributed by atoms with Crippen molar-refractivity contribution < 1.29 is 4.79 Å². The molecule has 2 unspecified atom stereocenters. The third-order valence-electron chi connectivity index (χ3n) is 4.03. The normalized spacial score (nSPS) is 31.6. The summed E-state index contributed by atoms with van der Waals surface area (Å²) < 4.78 is 0. The number of hydrogen-bond donors (Lipinski definition) is 1.